The van der Waals surface area contributed by atoms with Crippen LogP contribution in [0.3, 0.4) is 0 Å². The number of carbonyl (C=O) groups excluding carboxylic acids is 1. The number of rotatable bonds is 4. The molecule has 0 saturated heterocycles. The lowest BCUT2D eigenvalue weighted by Crippen LogP contribution is -2.37. The van der Waals surface area contributed by atoms with E-state index in [2.05, 4.69) is 4.72 Å². The number of sulfonamides is 1. The highest BCUT2D eigenvalue weighted by atomic mass is 35.5. The molecule has 0 radical (unpaired) electrons. The lowest BCUT2D eigenvalue weighted by Gasteiger charge is -2.11. The summed E-state index contributed by atoms with van der Waals surface area (Å²) in [5.41, 5.74) is 0. The molecule has 0 amide bonds. The van der Waals surface area contributed by atoms with Crippen LogP contribution in [0.25, 0.3) is 0 Å². The monoisotopic (exact) mass is 295 g/mol. The van der Waals surface area contributed by atoms with Crippen molar-refractivity contribution in [3.8, 4) is 0 Å². The molecule has 0 bridgehead atoms. The number of benzene rings is 1. The minimum atomic E-state index is -3.79. The molecule has 0 aliphatic carbocycles. The normalized spacial score (nSPS) is 13.4. The molecular weight excluding hydrogens is 285 g/mol. The van der Waals surface area contributed by atoms with E-state index in [-0.39, 0.29) is 20.7 Å². The fraction of sp³-hybridized carbons (Fsp3) is 0.300. The molecule has 4 nitrogen and oxygen atoms in total. The first-order valence-electron chi connectivity index (χ1n) is 4.71. The van der Waals surface area contributed by atoms with Crippen LogP contribution in [-0.2, 0) is 14.8 Å². The number of hydrogen-bond acceptors (Lipinski definition) is 3. The van der Waals surface area contributed by atoms with Crippen LogP contribution >= 0.6 is 23.2 Å². The Bertz CT molecular complexity index is 522. The van der Waals surface area contributed by atoms with Gasteiger partial charge in [-0.05, 0) is 32.0 Å². The first kappa shape index (κ1) is 14.4. The van der Waals surface area contributed by atoms with E-state index in [4.69, 9.17) is 23.2 Å². The molecule has 1 rings (SSSR count). The molecule has 0 spiro atoms. The Morgan fingerprint density at radius 2 is 1.71 bits per heavy atom. The molecule has 0 aromatic heterocycles. The molecule has 94 valence electrons. The first-order chi connectivity index (χ1) is 7.72. The third-order valence-corrected chi connectivity index (χ3v) is 4.04. The molecule has 1 N–H and O–H groups in total. The topological polar surface area (TPSA) is 63.2 Å². The smallest absolute Gasteiger partial charge is 0.241 e. The first-order valence-corrected chi connectivity index (χ1v) is 6.95. The predicted molar refractivity (Wildman–Crippen MR) is 66.9 cm³/mol. The van der Waals surface area contributed by atoms with Gasteiger partial charge in [-0.2, -0.15) is 0 Å². The van der Waals surface area contributed by atoms with Gasteiger partial charge in [0.15, 0.2) is 0 Å². The zero-order chi connectivity index (χ0) is 13.2. The Balaban J connectivity index is 3.09. The minimum absolute atomic E-state index is 0.0666. The molecule has 0 aliphatic rings. The number of hydrogen-bond donors (Lipinski definition) is 1. The molecule has 17 heavy (non-hydrogen) atoms. The standard InChI is InChI=1S/C10H11Cl2NO3S/c1-6(7(2)14)13-17(15,16)10-4-8(11)3-9(12)5-10/h3-6,13H,1-2H3. The lowest BCUT2D eigenvalue weighted by atomic mass is 10.3. The van der Waals surface area contributed by atoms with E-state index >= 15 is 0 Å². The Kier molecular flexibility index (Phi) is 4.55. The van der Waals surface area contributed by atoms with Gasteiger partial charge in [0.05, 0.1) is 10.9 Å². The Hall–Kier alpha value is -0.620. The third-order valence-electron chi connectivity index (χ3n) is 2.09. The van der Waals surface area contributed by atoms with Gasteiger partial charge in [0.25, 0.3) is 0 Å². The van der Waals surface area contributed by atoms with Crippen molar-refractivity contribution in [1.29, 1.82) is 0 Å². The maximum atomic E-state index is 11.9. The van der Waals surface area contributed by atoms with E-state index in [1.54, 1.807) is 0 Å². The number of carbonyl (C=O) groups is 1. The molecule has 7 heteroatoms. The van der Waals surface area contributed by atoms with Gasteiger partial charge in [0, 0.05) is 10.0 Å². The molecule has 0 fully saturated rings. The number of nitrogens with one attached hydrogen (secondary N) is 1. The van der Waals surface area contributed by atoms with Crippen LogP contribution in [0, 0.1) is 0 Å². The van der Waals surface area contributed by atoms with Crippen LogP contribution in [0.2, 0.25) is 10.0 Å². The summed E-state index contributed by atoms with van der Waals surface area (Å²) in [4.78, 5) is 10.9. The SMILES string of the molecule is CC(=O)C(C)NS(=O)(=O)c1cc(Cl)cc(Cl)c1. The van der Waals surface area contributed by atoms with Crippen molar-refractivity contribution in [1.82, 2.24) is 4.72 Å². The molecule has 1 aromatic rings. The number of ketones is 1. The molecule has 0 saturated carbocycles. The van der Waals surface area contributed by atoms with Crippen LogP contribution in [0.15, 0.2) is 23.1 Å². The van der Waals surface area contributed by atoms with E-state index in [0.29, 0.717) is 0 Å². The molecule has 0 aliphatic heterocycles. The second-order valence-corrected chi connectivity index (χ2v) is 6.15. The average molecular weight is 296 g/mol. The molecule has 0 heterocycles. The average Bonchev–Trinajstić information content (AvgIpc) is 2.15. The largest absolute Gasteiger partial charge is 0.298 e. The number of halogens is 2. The van der Waals surface area contributed by atoms with Gasteiger partial charge in [0.2, 0.25) is 10.0 Å². The van der Waals surface area contributed by atoms with E-state index in [1.165, 1.54) is 32.0 Å². The van der Waals surface area contributed by atoms with Gasteiger partial charge in [-0.1, -0.05) is 23.2 Å². The van der Waals surface area contributed by atoms with Crippen LogP contribution in [0.1, 0.15) is 13.8 Å². The van der Waals surface area contributed by atoms with Crippen LogP contribution in [0.5, 0.6) is 0 Å². The number of Topliss-reactive ketones (excluding diaryl/α,β-unsaturated/α-hetero) is 1. The maximum absolute atomic E-state index is 11.9. The van der Waals surface area contributed by atoms with Crippen LogP contribution in [0.4, 0.5) is 0 Å². The molecular formula is C10H11Cl2NO3S. The highest BCUT2D eigenvalue weighted by Crippen LogP contribution is 2.22. The van der Waals surface area contributed by atoms with E-state index in [0.717, 1.165) is 0 Å². The quantitative estimate of drug-likeness (QED) is 0.927. The summed E-state index contributed by atoms with van der Waals surface area (Å²) in [5, 5.41) is 0.432. The summed E-state index contributed by atoms with van der Waals surface area (Å²) in [5.74, 6) is -0.276. The van der Waals surface area contributed by atoms with Crippen molar-refractivity contribution in [2.45, 2.75) is 24.8 Å². The molecule has 1 aromatic carbocycles. The van der Waals surface area contributed by atoms with Crippen molar-refractivity contribution in [3.63, 3.8) is 0 Å². The van der Waals surface area contributed by atoms with Crippen molar-refractivity contribution in [2.75, 3.05) is 0 Å². The zero-order valence-corrected chi connectivity index (χ0v) is 11.5. The predicted octanol–water partition coefficient (Wildman–Crippen LogP) is 2.25. The van der Waals surface area contributed by atoms with Crippen LogP contribution in [-0.4, -0.2) is 20.2 Å². The van der Waals surface area contributed by atoms with Crippen molar-refractivity contribution in [3.05, 3.63) is 28.2 Å². The van der Waals surface area contributed by atoms with E-state index in [1.807, 2.05) is 0 Å². The van der Waals surface area contributed by atoms with Crippen LogP contribution < -0.4 is 4.72 Å². The summed E-state index contributed by atoms with van der Waals surface area (Å²) < 4.78 is 26.0. The Morgan fingerprint density at radius 3 is 2.12 bits per heavy atom. The summed E-state index contributed by atoms with van der Waals surface area (Å²) >= 11 is 11.4. The second-order valence-electron chi connectivity index (χ2n) is 3.56. The summed E-state index contributed by atoms with van der Waals surface area (Å²) in [6.07, 6.45) is 0. The molecule has 1 atom stereocenters. The Labute approximate surface area is 110 Å². The highest BCUT2D eigenvalue weighted by Gasteiger charge is 2.20. The van der Waals surface area contributed by atoms with Gasteiger partial charge in [-0.15, -0.1) is 0 Å². The highest BCUT2D eigenvalue weighted by molar-refractivity contribution is 7.89. The second kappa shape index (κ2) is 5.35. The van der Waals surface area contributed by atoms with Gasteiger partial charge in [-0.3, -0.25) is 4.79 Å². The minimum Gasteiger partial charge on any atom is -0.298 e. The fourth-order valence-electron chi connectivity index (χ4n) is 1.07. The van der Waals surface area contributed by atoms with E-state index in [9.17, 15) is 13.2 Å². The van der Waals surface area contributed by atoms with Gasteiger partial charge in [0.1, 0.15) is 5.78 Å². The third kappa shape index (κ3) is 3.96. The zero-order valence-electron chi connectivity index (χ0n) is 9.20. The van der Waals surface area contributed by atoms with Gasteiger partial charge >= 0.3 is 0 Å². The van der Waals surface area contributed by atoms with Crippen molar-refractivity contribution >= 4 is 39.0 Å². The molecule has 1 unspecified atom stereocenters. The fourth-order valence-corrected chi connectivity index (χ4v) is 3.05. The van der Waals surface area contributed by atoms with Crippen molar-refractivity contribution in [2.24, 2.45) is 0 Å². The maximum Gasteiger partial charge on any atom is 0.241 e. The van der Waals surface area contributed by atoms with Gasteiger partial charge in [-0.25, -0.2) is 13.1 Å². The summed E-state index contributed by atoms with van der Waals surface area (Å²) in [6.45, 7) is 2.77. The van der Waals surface area contributed by atoms with Crippen molar-refractivity contribution < 1.29 is 13.2 Å². The Morgan fingerprint density at radius 1 is 1.24 bits per heavy atom. The summed E-state index contributed by atoms with van der Waals surface area (Å²) in [7, 11) is -3.79. The van der Waals surface area contributed by atoms with E-state index < -0.39 is 16.1 Å². The van der Waals surface area contributed by atoms with Gasteiger partial charge < -0.3 is 0 Å². The lowest BCUT2D eigenvalue weighted by molar-refractivity contribution is -0.118. The summed E-state index contributed by atoms with van der Waals surface area (Å²) in [6, 6.07) is 3.17.